The molecule has 16 heteroatoms. The molecule has 0 N–H and O–H groups in total. The van der Waals surface area contributed by atoms with Gasteiger partial charge in [0.1, 0.15) is 0 Å². The van der Waals surface area contributed by atoms with E-state index in [1.807, 2.05) is 54.2 Å². The first-order valence-corrected chi connectivity index (χ1v) is 38.2. The van der Waals surface area contributed by atoms with Crippen LogP contribution in [-0.4, -0.2) is 227 Å². The number of nitrogens with zero attached hydrogens (tertiary/aromatic N) is 16. The summed E-state index contributed by atoms with van der Waals surface area (Å²) in [5.41, 5.74) is 0. The fourth-order valence-corrected chi connectivity index (χ4v) is 10.9. The number of imidazole rings is 1. The number of hydrogen-bond donors (Lipinski definition) is 0. The van der Waals surface area contributed by atoms with Crippen LogP contribution in [-0.2, 0) is 0 Å². The second-order valence-electron chi connectivity index (χ2n) is 29.6. The van der Waals surface area contributed by atoms with E-state index in [1.54, 1.807) is 12.4 Å². The van der Waals surface area contributed by atoms with E-state index < -0.39 is 0 Å². The summed E-state index contributed by atoms with van der Waals surface area (Å²) in [6, 6.07) is 14.0. The molecule has 3 fully saturated rings. The highest BCUT2D eigenvalue weighted by atomic mass is 15.5. The van der Waals surface area contributed by atoms with Crippen LogP contribution in [0.1, 0.15) is 249 Å². The Bertz CT molecular complexity index is 2050. The predicted octanol–water partition coefficient (Wildman–Crippen LogP) is 17.4. The van der Waals surface area contributed by atoms with Gasteiger partial charge in [0.15, 0.2) is 0 Å². The number of aromatic nitrogens is 5. The van der Waals surface area contributed by atoms with Crippen molar-refractivity contribution in [3.63, 3.8) is 0 Å². The minimum Gasteiger partial charge on any atom is -0.375 e. The van der Waals surface area contributed by atoms with Gasteiger partial charge in [0.05, 0.1) is 19.2 Å². The number of likely N-dealkylation sites (tertiary alicyclic amines) is 3. The van der Waals surface area contributed by atoms with Crippen LogP contribution in [0, 0.1) is 0 Å². The topological polar surface area (TPSA) is 94.5 Å². The maximum absolute atomic E-state index is 4.14. The summed E-state index contributed by atoms with van der Waals surface area (Å²) in [6.07, 6.45) is 48.4. The molecule has 9 aliphatic heterocycles. The Morgan fingerprint density at radius 3 is 0.885 bits per heavy atom. The van der Waals surface area contributed by atoms with Crippen LogP contribution in [0.2, 0.25) is 0 Å². The molecule has 0 unspecified atom stereocenters. The fourth-order valence-electron chi connectivity index (χ4n) is 10.9. The molecule has 3 saturated heterocycles. The van der Waals surface area contributed by atoms with Crippen molar-refractivity contribution in [2.75, 3.05) is 91.6 Å². The Morgan fingerprint density at radius 1 is 0.312 bits per heavy atom. The third-order valence-electron chi connectivity index (χ3n) is 17.8. The van der Waals surface area contributed by atoms with Gasteiger partial charge in [0, 0.05) is 168 Å². The molecule has 3 aromatic rings. The zero-order valence-corrected chi connectivity index (χ0v) is 66.6. The molecule has 0 radical (unpaired) electrons. The average Bonchev–Trinajstić information content (AvgIpc) is 4.51. The Labute approximate surface area is 593 Å². The van der Waals surface area contributed by atoms with Crippen molar-refractivity contribution < 1.29 is 0 Å². The van der Waals surface area contributed by atoms with Crippen LogP contribution in [0.25, 0.3) is 0 Å². The van der Waals surface area contributed by atoms with E-state index in [-0.39, 0.29) is 0 Å². The van der Waals surface area contributed by atoms with Crippen LogP contribution in [0.3, 0.4) is 0 Å². The highest BCUT2D eigenvalue weighted by Crippen LogP contribution is 2.14. The maximum atomic E-state index is 4.14. The van der Waals surface area contributed by atoms with Gasteiger partial charge in [-0.25, -0.2) is 4.98 Å². The molecule has 12 heterocycles. The lowest BCUT2D eigenvalue weighted by Crippen LogP contribution is -2.27. The van der Waals surface area contributed by atoms with E-state index in [0.29, 0.717) is 54.4 Å². The Kier molecular flexibility index (Phi) is 49.8. The molecule has 96 heavy (non-hydrogen) atoms. The first kappa shape index (κ1) is 88.9. The van der Waals surface area contributed by atoms with Crippen molar-refractivity contribution in [2.45, 2.75) is 303 Å². The summed E-state index contributed by atoms with van der Waals surface area (Å²) in [5, 5.41) is 10.3. The lowest BCUT2D eigenvalue weighted by molar-refractivity contribution is 0.258. The predicted molar refractivity (Wildman–Crippen MR) is 421 cm³/mol. The van der Waals surface area contributed by atoms with Gasteiger partial charge < -0.3 is 43.4 Å². The van der Waals surface area contributed by atoms with E-state index in [1.165, 1.54) is 117 Å². The number of aliphatic imine (C=N–C) groups is 1. The van der Waals surface area contributed by atoms with Crippen molar-refractivity contribution in [2.24, 2.45) is 10.1 Å². The monoisotopic (exact) mass is 1340 g/mol. The smallest absolute Gasteiger partial charge is 0.0948 e. The minimum absolute atomic E-state index is 0.491. The molecule has 0 aliphatic carbocycles. The average molecular weight is 1340 g/mol. The van der Waals surface area contributed by atoms with Gasteiger partial charge in [-0.1, -0.05) is 30.4 Å². The molecule has 0 atom stereocenters. The Balaban J connectivity index is 0.000000524. The molecule has 12 rings (SSSR count). The summed E-state index contributed by atoms with van der Waals surface area (Å²) in [7, 11) is 0. The molecule has 0 aromatic carbocycles. The Morgan fingerprint density at radius 2 is 0.719 bits per heavy atom. The fraction of sp³-hybridized carbons (Fsp3) is 0.750. The summed E-state index contributed by atoms with van der Waals surface area (Å²) < 4.78 is 6.14. The van der Waals surface area contributed by atoms with Crippen molar-refractivity contribution in [3.05, 3.63) is 111 Å². The lowest BCUT2D eigenvalue weighted by Gasteiger charge is -2.19. The summed E-state index contributed by atoms with van der Waals surface area (Å²) >= 11 is 0. The van der Waals surface area contributed by atoms with Crippen LogP contribution >= 0.6 is 0 Å². The normalized spacial score (nSPS) is 17.8. The third kappa shape index (κ3) is 42.6. The van der Waals surface area contributed by atoms with Crippen LogP contribution < -0.4 is 0 Å². The summed E-state index contributed by atoms with van der Waals surface area (Å²) in [4.78, 5) is 27.3. The van der Waals surface area contributed by atoms with Gasteiger partial charge in [0.2, 0.25) is 0 Å². The molecule has 3 aromatic heterocycles. The molecular weight excluding hydrogens is 1180 g/mol. The zero-order chi connectivity index (χ0) is 71.8. The molecule has 0 spiro atoms. The van der Waals surface area contributed by atoms with E-state index in [9.17, 15) is 0 Å². The van der Waals surface area contributed by atoms with Crippen LogP contribution in [0.5, 0.6) is 0 Å². The second-order valence-corrected chi connectivity index (χ2v) is 29.6. The summed E-state index contributed by atoms with van der Waals surface area (Å²) in [6.45, 7) is 70.0. The molecule has 0 bridgehead atoms. The van der Waals surface area contributed by atoms with Gasteiger partial charge in [-0.05, 0) is 300 Å². The zero-order valence-electron chi connectivity index (χ0n) is 66.6. The van der Waals surface area contributed by atoms with Crippen molar-refractivity contribution in [3.8, 4) is 0 Å². The van der Waals surface area contributed by atoms with E-state index >= 15 is 0 Å². The van der Waals surface area contributed by atoms with E-state index in [4.69, 9.17) is 0 Å². The molecule has 16 nitrogen and oxygen atoms in total. The van der Waals surface area contributed by atoms with Crippen molar-refractivity contribution in [1.82, 2.24) is 68.1 Å². The standard InChI is InChI=1S/3C7H15N.4C7H13N.C7H11N.C6H12N2.C6H10N2.C6H12N2.C6H10N2/c8*1-7(2)8-5-3-4-6-8;2*1-6(2)8-4-3-7-5-8;2*1-6(2)8-5-3-4-7-8/h3*7H,3-6H2,1-2H3;3*3,5,7H,4,6H2,1-2H3;3-4,7H,5-6H2,1-2H3;3-7H,1-2H3;5-6H,3-4H2,1-2H3;3-6H,1-2H3;4,6H,3,5H2,1-2H3;3-6H,1-2H3. The first-order chi connectivity index (χ1) is 45.7. The van der Waals surface area contributed by atoms with E-state index in [0.717, 1.165) is 57.3 Å². The highest BCUT2D eigenvalue weighted by molar-refractivity contribution is 5.58. The van der Waals surface area contributed by atoms with Gasteiger partial charge in [-0.15, -0.1) is 0 Å². The van der Waals surface area contributed by atoms with Crippen LogP contribution in [0.4, 0.5) is 0 Å². The van der Waals surface area contributed by atoms with Gasteiger partial charge in [-0.3, -0.25) is 19.6 Å². The molecule has 0 saturated carbocycles. The number of hydrazone groups is 1. The number of hydrogen-bond acceptors (Lipinski definition) is 13. The first-order valence-electron chi connectivity index (χ1n) is 38.2. The molecular formula is C80H152N16. The highest BCUT2D eigenvalue weighted by Gasteiger charge is 2.16. The van der Waals surface area contributed by atoms with Gasteiger partial charge in [0.25, 0.3) is 0 Å². The van der Waals surface area contributed by atoms with Gasteiger partial charge in [-0.2, -0.15) is 10.2 Å². The largest absolute Gasteiger partial charge is 0.375 e. The quantitative estimate of drug-likeness (QED) is 0.162. The SMILES string of the molecule is CC(C)N1C=CCC1.CC(C)N1C=CCC1.CC(C)N1C=CCC1.CC(C)N1C=NCC1.CC(C)N1CC=CC1.CC(C)N1CCC=N1.CC(C)N1CCCC1.CC(C)N1CCCC1.CC(C)N1CCCC1.CC(C)n1cccc1.CC(C)n1cccn1.CC(C)n1ccnc1. The van der Waals surface area contributed by atoms with Crippen molar-refractivity contribution >= 4 is 12.6 Å². The molecule has 552 valence electrons. The summed E-state index contributed by atoms with van der Waals surface area (Å²) in [5.74, 6) is 0. The van der Waals surface area contributed by atoms with Crippen molar-refractivity contribution in [1.29, 1.82) is 0 Å². The molecule has 9 aliphatic rings. The Hall–Kier alpha value is -5.16. The lowest BCUT2D eigenvalue weighted by atomic mass is 10.3. The van der Waals surface area contributed by atoms with Crippen LogP contribution in [0.15, 0.2) is 121 Å². The van der Waals surface area contributed by atoms with Gasteiger partial charge >= 0.3 is 0 Å². The maximum Gasteiger partial charge on any atom is 0.0948 e. The minimum atomic E-state index is 0.491. The second kappa shape index (κ2) is 53.8. The molecule has 0 amide bonds. The third-order valence-corrected chi connectivity index (χ3v) is 17.8. The van der Waals surface area contributed by atoms with E-state index in [2.05, 4.69) is 301 Å². The number of rotatable bonds is 12.